The summed E-state index contributed by atoms with van der Waals surface area (Å²) in [5, 5.41) is 4.20. The Morgan fingerprint density at radius 1 is 1.27 bits per heavy atom. The third-order valence-electron chi connectivity index (χ3n) is 3.96. The minimum Gasteiger partial charge on any atom is -0.450 e. The molecule has 1 aromatic heterocycles. The van der Waals surface area contributed by atoms with Gasteiger partial charge in [-0.3, -0.25) is 0 Å². The number of nitrogens with zero attached hydrogens (tertiary/aromatic N) is 2. The molecule has 5 heteroatoms. The molecule has 1 aromatic carbocycles. The highest BCUT2D eigenvalue weighted by Crippen LogP contribution is 2.29. The Morgan fingerprint density at radius 2 is 2.00 bits per heavy atom. The van der Waals surface area contributed by atoms with Crippen LogP contribution in [-0.2, 0) is 17.6 Å². The average molecular weight is 300 g/mol. The van der Waals surface area contributed by atoms with Crippen molar-refractivity contribution in [2.75, 3.05) is 19.7 Å². The van der Waals surface area contributed by atoms with Crippen LogP contribution < -0.4 is 0 Å². The zero-order valence-corrected chi connectivity index (χ0v) is 13.0. The van der Waals surface area contributed by atoms with Crippen molar-refractivity contribution in [2.24, 2.45) is 0 Å². The first kappa shape index (κ1) is 14.6. The highest BCUT2D eigenvalue weighted by Gasteiger charge is 2.25. The van der Waals surface area contributed by atoms with Gasteiger partial charge in [0.2, 0.25) is 0 Å². The first-order valence-electron chi connectivity index (χ1n) is 7.65. The highest BCUT2D eigenvalue weighted by molar-refractivity contribution is 5.68. The molecule has 22 heavy (non-hydrogen) atoms. The maximum absolute atomic E-state index is 11.9. The summed E-state index contributed by atoms with van der Waals surface area (Å²) in [5.74, 6) is 0.820. The van der Waals surface area contributed by atoms with Crippen molar-refractivity contribution >= 4 is 6.09 Å². The van der Waals surface area contributed by atoms with Crippen LogP contribution in [0.4, 0.5) is 4.79 Å². The smallest absolute Gasteiger partial charge is 0.409 e. The maximum atomic E-state index is 11.9. The van der Waals surface area contributed by atoms with Gasteiger partial charge in [0.15, 0.2) is 5.76 Å². The minimum absolute atomic E-state index is 0.249. The average Bonchev–Trinajstić information content (AvgIpc) is 2.80. The van der Waals surface area contributed by atoms with E-state index in [2.05, 4.69) is 24.2 Å². The Labute approximate surface area is 129 Å². The van der Waals surface area contributed by atoms with E-state index in [1.807, 2.05) is 19.1 Å². The second-order valence-electron chi connectivity index (χ2n) is 5.49. The molecule has 0 unspecified atom stereocenters. The third-order valence-corrected chi connectivity index (χ3v) is 3.96. The van der Waals surface area contributed by atoms with Crippen molar-refractivity contribution in [1.29, 1.82) is 0 Å². The zero-order chi connectivity index (χ0) is 15.5. The molecule has 2 heterocycles. The van der Waals surface area contributed by atoms with E-state index in [1.54, 1.807) is 4.90 Å². The Balaban J connectivity index is 1.82. The van der Waals surface area contributed by atoms with Gasteiger partial charge in [-0.15, -0.1) is 0 Å². The van der Waals surface area contributed by atoms with E-state index >= 15 is 0 Å². The predicted molar refractivity (Wildman–Crippen MR) is 82.7 cm³/mol. The zero-order valence-electron chi connectivity index (χ0n) is 13.0. The molecule has 2 aromatic rings. The molecule has 0 saturated carbocycles. The molecule has 0 N–H and O–H groups in total. The lowest BCUT2D eigenvalue weighted by Crippen LogP contribution is -2.33. The van der Waals surface area contributed by atoms with Crippen molar-refractivity contribution in [1.82, 2.24) is 10.1 Å². The van der Waals surface area contributed by atoms with E-state index in [-0.39, 0.29) is 6.09 Å². The second-order valence-corrected chi connectivity index (χ2v) is 5.49. The number of hydrogen-bond donors (Lipinski definition) is 0. The summed E-state index contributed by atoms with van der Waals surface area (Å²) >= 11 is 0. The summed E-state index contributed by atoms with van der Waals surface area (Å²) < 4.78 is 10.6. The summed E-state index contributed by atoms with van der Waals surface area (Å²) in [7, 11) is 0. The number of aryl methyl sites for hydroxylation is 1. The first-order valence-corrected chi connectivity index (χ1v) is 7.65. The molecular formula is C17H20N2O3. The minimum atomic E-state index is -0.249. The topological polar surface area (TPSA) is 55.6 Å². The standard InChI is InChI=1S/C17H20N2O3/c1-3-21-17(20)19-10-8-14-15(9-11-19)18-22-16(14)13-6-4-12(2)5-7-13/h4-7H,3,8-11H2,1-2H3. The predicted octanol–water partition coefficient (Wildman–Crippen LogP) is 3.21. The van der Waals surface area contributed by atoms with E-state index in [1.165, 1.54) is 5.56 Å². The van der Waals surface area contributed by atoms with Crippen LogP contribution in [0.3, 0.4) is 0 Å². The lowest BCUT2D eigenvalue weighted by molar-refractivity contribution is 0.108. The van der Waals surface area contributed by atoms with Crippen molar-refractivity contribution in [3.05, 3.63) is 41.1 Å². The van der Waals surface area contributed by atoms with Gasteiger partial charge in [0.05, 0.1) is 12.3 Å². The van der Waals surface area contributed by atoms with Crippen molar-refractivity contribution < 1.29 is 14.1 Å². The van der Waals surface area contributed by atoms with Crippen molar-refractivity contribution in [3.63, 3.8) is 0 Å². The maximum Gasteiger partial charge on any atom is 0.409 e. The molecule has 1 aliphatic heterocycles. The number of benzene rings is 1. The van der Waals surface area contributed by atoms with Crippen LogP contribution in [0.15, 0.2) is 28.8 Å². The first-order chi connectivity index (χ1) is 10.7. The fraction of sp³-hybridized carbons (Fsp3) is 0.412. The van der Waals surface area contributed by atoms with Gasteiger partial charge in [-0.2, -0.15) is 0 Å². The van der Waals surface area contributed by atoms with E-state index in [4.69, 9.17) is 9.26 Å². The number of fused-ring (bicyclic) bond motifs is 1. The summed E-state index contributed by atoms with van der Waals surface area (Å²) in [6.45, 7) is 5.52. The van der Waals surface area contributed by atoms with Crippen molar-refractivity contribution in [2.45, 2.75) is 26.7 Å². The van der Waals surface area contributed by atoms with Crippen LogP contribution in [-0.4, -0.2) is 35.8 Å². The highest BCUT2D eigenvalue weighted by atomic mass is 16.6. The van der Waals surface area contributed by atoms with E-state index in [0.717, 1.165) is 29.0 Å². The number of hydrogen-bond acceptors (Lipinski definition) is 4. The van der Waals surface area contributed by atoms with E-state index in [9.17, 15) is 4.79 Å². The molecule has 0 spiro atoms. The van der Waals surface area contributed by atoms with E-state index < -0.39 is 0 Å². The van der Waals surface area contributed by atoms with Gasteiger partial charge in [0, 0.05) is 30.6 Å². The fourth-order valence-corrected chi connectivity index (χ4v) is 2.72. The summed E-state index contributed by atoms with van der Waals surface area (Å²) in [4.78, 5) is 13.6. The molecule has 0 bridgehead atoms. The summed E-state index contributed by atoms with van der Waals surface area (Å²) in [5.41, 5.74) is 4.30. The van der Waals surface area contributed by atoms with Crippen LogP contribution in [0.1, 0.15) is 23.7 Å². The lowest BCUT2D eigenvalue weighted by atomic mass is 10.0. The van der Waals surface area contributed by atoms with Crippen LogP contribution in [0.25, 0.3) is 11.3 Å². The van der Waals surface area contributed by atoms with Gasteiger partial charge in [-0.05, 0) is 20.3 Å². The van der Waals surface area contributed by atoms with Crippen LogP contribution >= 0.6 is 0 Å². The van der Waals surface area contributed by atoms with Gasteiger partial charge in [0.1, 0.15) is 0 Å². The van der Waals surface area contributed by atoms with Gasteiger partial charge in [-0.25, -0.2) is 4.79 Å². The SMILES string of the molecule is CCOC(=O)N1CCc2noc(-c3ccc(C)cc3)c2CC1. The number of aromatic nitrogens is 1. The molecule has 0 aliphatic carbocycles. The Kier molecular flexibility index (Phi) is 4.13. The van der Waals surface area contributed by atoms with Crippen molar-refractivity contribution in [3.8, 4) is 11.3 Å². The molecule has 5 nitrogen and oxygen atoms in total. The van der Waals surface area contributed by atoms with E-state index in [0.29, 0.717) is 26.1 Å². The van der Waals surface area contributed by atoms with Gasteiger partial charge < -0.3 is 14.2 Å². The largest absolute Gasteiger partial charge is 0.450 e. The number of carbonyl (C=O) groups is 1. The fourth-order valence-electron chi connectivity index (χ4n) is 2.72. The quantitative estimate of drug-likeness (QED) is 0.854. The monoisotopic (exact) mass is 300 g/mol. The number of ether oxygens (including phenoxy) is 1. The Hall–Kier alpha value is -2.30. The molecule has 0 radical (unpaired) electrons. The Morgan fingerprint density at radius 3 is 2.73 bits per heavy atom. The number of carbonyl (C=O) groups excluding carboxylic acids is 1. The second kappa shape index (κ2) is 6.22. The lowest BCUT2D eigenvalue weighted by Gasteiger charge is -2.18. The number of amides is 1. The molecule has 3 rings (SSSR count). The van der Waals surface area contributed by atoms with Gasteiger partial charge in [0.25, 0.3) is 0 Å². The number of rotatable bonds is 2. The van der Waals surface area contributed by atoms with Crippen LogP contribution in [0.5, 0.6) is 0 Å². The van der Waals surface area contributed by atoms with Gasteiger partial charge in [-0.1, -0.05) is 35.0 Å². The normalized spacial score (nSPS) is 14.4. The van der Waals surface area contributed by atoms with Crippen LogP contribution in [0.2, 0.25) is 0 Å². The molecular weight excluding hydrogens is 280 g/mol. The molecule has 1 aliphatic rings. The summed E-state index contributed by atoms with van der Waals surface area (Å²) in [6, 6.07) is 8.21. The molecule has 0 fully saturated rings. The third kappa shape index (κ3) is 2.84. The Bertz CT molecular complexity index is 661. The van der Waals surface area contributed by atoms with Crippen LogP contribution in [0, 0.1) is 6.92 Å². The molecule has 0 saturated heterocycles. The van der Waals surface area contributed by atoms with Gasteiger partial charge >= 0.3 is 6.09 Å². The molecule has 116 valence electrons. The summed E-state index contributed by atoms with van der Waals surface area (Å²) in [6.07, 6.45) is 1.19. The molecule has 1 amide bonds. The molecule has 0 atom stereocenters.